The van der Waals surface area contributed by atoms with E-state index in [4.69, 9.17) is 0 Å². The van der Waals surface area contributed by atoms with Crippen LogP contribution in [0.3, 0.4) is 0 Å². The maximum atomic E-state index is 12.4. The van der Waals surface area contributed by atoms with Gasteiger partial charge in [0.25, 0.3) is 11.5 Å². The molecule has 22 heavy (non-hydrogen) atoms. The second-order valence-electron chi connectivity index (χ2n) is 4.52. The number of pyridine rings is 1. The first-order valence-corrected chi connectivity index (χ1v) is 7.23. The predicted octanol–water partition coefficient (Wildman–Crippen LogP) is 2.15. The van der Waals surface area contributed by atoms with Crippen molar-refractivity contribution in [1.29, 1.82) is 0 Å². The summed E-state index contributed by atoms with van der Waals surface area (Å²) in [5.41, 5.74) is 2.28. The summed E-state index contributed by atoms with van der Waals surface area (Å²) in [5, 5.41) is 13.2. The lowest BCUT2D eigenvalue weighted by Gasteiger charge is -2.10. The van der Waals surface area contributed by atoms with Crippen molar-refractivity contribution in [3.8, 4) is 0 Å². The Kier molecular flexibility index (Phi) is 3.48. The van der Waals surface area contributed by atoms with Crippen molar-refractivity contribution >= 4 is 34.0 Å². The van der Waals surface area contributed by atoms with E-state index in [1.165, 1.54) is 17.4 Å². The van der Waals surface area contributed by atoms with E-state index in [-0.39, 0.29) is 10.9 Å². The Hall–Kier alpha value is -2.93. The zero-order chi connectivity index (χ0) is 15.7. The number of thiophene rings is 1. The fourth-order valence-corrected chi connectivity index (χ4v) is 2.75. The van der Waals surface area contributed by atoms with Crippen LogP contribution in [0.25, 0.3) is 10.8 Å². The van der Waals surface area contributed by atoms with Gasteiger partial charge in [0.1, 0.15) is 0 Å². The normalized spacial score (nSPS) is 10.5. The van der Waals surface area contributed by atoms with Gasteiger partial charge < -0.3 is 5.11 Å². The predicted molar refractivity (Wildman–Crippen MR) is 83.2 cm³/mol. The van der Waals surface area contributed by atoms with Crippen molar-refractivity contribution in [3.05, 3.63) is 68.8 Å². The van der Waals surface area contributed by atoms with Crippen molar-refractivity contribution in [2.24, 2.45) is 0 Å². The molecule has 2 aromatic heterocycles. The Morgan fingerprint density at radius 1 is 1.14 bits per heavy atom. The molecule has 0 bridgehead atoms. The summed E-state index contributed by atoms with van der Waals surface area (Å²) < 4.78 is 0.909. The molecule has 0 aliphatic carbocycles. The van der Waals surface area contributed by atoms with Gasteiger partial charge in [0.2, 0.25) is 0 Å². The van der Waals surface area contributed by atoms with Gasteiger partial charge in [-0.1, -0.05) is 18.2 Å². The van der Waals surface area contributed by atoms with Crippen LogP contribution in [-0.4, -0.2) is 21.7 Å². The van der Waals surface area contributed by atoms with Gasteiger partial charge >= 0.3 is 5.97 Å². The number of carbonyl (C=O) groups is 2. The second kappa shape index (κ2) is 5.45. The Morgan fingerprint density at radius 2 is 1.86 bits per heavy atom. The molecule has 0 atom stereocenters. The van der Waals surface area contributed by atoms with E-state index >= 15 is 0 Å². The second-order valence-corrected chi connectivity index (χ2v) is 5.30. The molecule has 3 rings (SSSR count). The molecule has 1 aromatic carbocycles. The number of carbonyl (C=O) groups excluding carboxylic acids is 1. The van der Waals surface area contributed by atoms with Crippen LogP contribution in [0.15, 0.2) is 52.1 Å². The monoisotopic (exact) mass is 314 g/mol. The molecule has 2 heterocycles. The minimum absolute atomic E-state index is 0.0548. The molecule has 0 aliphatic rings. The number of amides is 1. The Balaban J connectivity index is 2.14. The quantitative estimate of drug-likeness (QED) is 0.775. The first-order valence-electron chi connectivity index (χ1n) is 6.29. The minimum Gasteiger partial charge on any atom is -0.478 e. The maximum Gasteiger partial charge on any atom is 0.337 e. The average molecular weight is 314 g/mol. The van der Waals surface area contributed by atoms with E-state index in [0.29, 0.717) is 10.9 Å². The maximum absolute atomic E-state index is 12.4. The van der Waals surface area contributed by atoms with Crippen LogP contribution in [0.1, 0.15) is 20.7 Å². The number of nitrogens with zero attached hydrogens (tertiary/aromatic N) is 1. The number of fused-ring (bicyclic) bond motifs is 1. The van der Waals surface area contributed by atoms with Crippen LogP contribution in [0, 0.1) is 0 Å². The minimum atomic E-state index is -1.17. The summed E-state index contributed by atoms with van der Waals surface area (Å²) in [7, 11) is 0. The average Bonchev–Trinajstić information content (AvgIpc) is 3.04. The highest BCUT2D eigenvalue weighted by molar-refractivity contribution is 7.08. The van der Waals surface area contributed by atoms with Crippen LogP contribution in [0.4, 0.5) is 0 Å². The van der Waals surface area contributed by atoms with Crippen molar-refractivity contribution in [3.63, 3.8) is 0 Å². The number of hydrogen-bond acceptors (Lipinski definition) is 4. The molecular weight excluding hydrogens is 304 g/mol. The summed E-state index contributed by atoms with van der Waals surface area (Å²) in [6.45, 7) is 0. The summed E-state index contributed by atoms with van der Waals surface area (Å²) in [4.78, 5) is 35.8. The third kappa shape index (κ3) is 2.38. The smallest absolute Gasteiger partial charge is 0.337 e. The topological polar surface area (TPSA) is 88.4 Å². The summed E-state index contributed by atoms with van der Waals surface area (Å²) in [5.74, 6) is -1.65. The lowest BCUT2D eigenvalue weighted by molar-refractivity contribution is 0.0697. The van der Waals surface area contributed by atoms with Gasteiger partial charge in [-0.05, 0) is 17.5 Å². The van der Waals surface area contributed by atoms with Gasteiger partial charge in [-0.3, -0.25) is 15.0 Å². The molecule has 2 N–H and O–H groups in total. The molecule has 7 heteroatoms. The van der Waals surface area contributed by atoms with Crippen molar-refractivity contribution < 1.29 is 14.7 Å². The molecule has 0 saturated heterocycles. The first-order chi connectivity index (χ1) is 10.6. The highest BCUT2D eigenvalue weighted by Gasteiger charge is 2.15. The van der Waals surface area contributed by atoms with Gasteiger partial charge in [-0.15, -0.1) is 0 Å². The first kappa shape index (κ1) is 14.0. The summed E-state index contributed by atoms with van der Waals surface area (Å²) >= 11 is 1.35. The third-order valence-corrected chi connectivity index (χ3v) is 3.84. The van der Waals surface area contributed by atoms with Crippen molar-refractivity contribution in [1.82, 2.24) is 4.68 Å². The number of benzene rings is 1. The van der Waals surface area contributed by atoms with Crippen LogP contribution in [-0.2, 0) is 0 Å². The van der Waals surface area contributed by atoms with E-state index < -0.39 is 17.4 Å². The zero-order valence-electron chi connectivity index (χ0n) is 11.1. The number of aromatic carboxylic acids is 1. The molecule has 110 valence electrons. The van der Waals surface area contributed by atoms with E-state index in [1.54, 1.807) is 35.0 Å². The number of hydrogen-bond donors (Lipinski definition) is 2. The molecule has 0 aliphatic heterocycles. The molecule has 0 radical (unpaired) electrons. The van der Waals surface area contributed by atoms with E-state index in [9.17, 15) is 19.5 Å². The van der Waals surface area contributed by atoms with Crippen LogP contribution in [0.2, 0.25) is 0 Å². The Bertz CT molecular complexity index is 928. The number of aromatic nitrogens is 1. The fraction of sp³-hybridized carbons (Fsp3) is 0. The summed E-state index contributed by atoms with van der Waals surface area (Å²) in [6, 6.07) is 8.00. The lowest BCUT2D eigenvalue weighted by Crippen LogP contribution is -2.33. The van der Waals surface area contributed by atoms with Gasteiger partial charge in [-0.25, -0.2) is 9.47 Å². The third-order valence-electron chi connectivity index (χ3n) is 3.16. The van der Waals surface area contributed by atoms with Crippen LogP contribution < -0.4 is 11.0 Å². The van der Waals surface area contributed by atoms with Crippen molar-refractivity contribution in [2.45, 2.75) is 0 Å². The SMILES string of the molecule is O=C(Nn1cc(C(=O)O)c2ccccc2c1=O)c1ccsc1. The fourth-order valence-electron chi connectivity index (χ4n) is 2.11. The number of carboxylic acid groups (broad SMARTS) is 1. The highest BCUT2D eigenvalue weighted by Crippen LogP contribution is 2.15. The number of rotatable bonds is 3. The van der Waals surface area contributed by atoms with Gasteiger partial charge in [0.05, 0.1) is 11.1 Å². The summed E-state index contributed by atoms with van der Waals surface area (Å²) in [6.07, 6.45) is 1.12. The van der Waals surface area contributed by atoms with Gasteiger partial charge in [-0.2, -0.15) is 11.3 Å². The molecule has 1 amide bonds. The molecule has 0 saturated carbocycles. The lowest BCUT2D eigenvalue weighted by atomic mass is 10.1. The van der Waals surface area contributed by atoms with E-state index in [2.05, 4.69) is 5.43 Å². The molecule has 0 spiro atoms. The van der Waals surface area contributed by atoms with Gasteiger partial charge in [0.15, 0.2) is 0 Å². The van der Waals surface area contributed by atoms with E-state index in [0.717, 1.165) is 10.9 Å². The molecule has 6 nitrogen and oxygen atoms in total. The van der Waals surface area contributed by atoms with Gasteiger partial charge in [0, 0.05) is 22.3 Å². The molecule has 0 unspecified atom stereocenters. The Labute approximate surface area is 128 Å². The highest BCUT2D eigenvalue weighted by atomic mass is 32.1. The van der Waals surface area contributed by atoms with Crippen molar-refractivity contribution in [2.75, 3.05) is 5.43 Å². The van der Waals surface area contributed by atoms with Crippen LogP contribution in [0.5, 0.6) is 0 Å². The number of carboxylic acids is 1. The molecule has 0 fully saturated rings. The van der Waals surface area contributed by atoms with Crippen LogP contribution >= 0.6 is 11.3 Å². The van der Waals surface area contributed by atoms with E-state index in [1.807, 2.05) is 0 Å². The Morgan fingerprint density at radius 3 is 2.50 bits per heavy atom. The molecular formula is C15H10N2O4S. The zero-order valence-corrected chi connectivity index (χ0v) is 12.0. The molecule has 3 aromatic rings. The standard InChI is InChI=1S/C15H10N2O4S/c18-13(9-5-6-22-8-9)16-17-7-12(15(20)21)10-3-1-2-4-11(10)14(17)19/h1-8H,(H,16,18)(H,20,21). The number of nitrogens with one attached hydrogen (secondary N) is 1. The largest absolute Gasteiger partial charge is 0.478 e.